The van der Waals surface area contributed by atoms with Gasteiger partial charge in [-0.1, -0.05) is 12.1 Å². The van der Waals surface area contributed by atoms with Crippen LogP contribution in [-0.2, 0) is 0 Å². The molecule has 0 fully saturated rings. The second-order valence-corrected chi connectivity index (χ2v) is 2.53. The molecule has 0 aliphatic heterocycles. The fourth-order valence-electron chi connectivity index (χ4n) is 1.14. The minimum absolute atomic E-state index is 0.193. The topological polar surface area (TPSA) is 79.2 Å². The van der Waals surface area contributed by atoms with E-state index in [-0.39, 0.29) is 17.0 Å². The average Bonchev–Trinajstić information content (AvgIpc) is 2.18. The van der Waals surface area contributed by atoms with Crippen molar-refractivity contribution in [2.24, 2.45) is 0 Å². The van der Waals surface area contributed by atoms with Crippen molar-refractivity contribution >= 4 is 20.3 Å². The van der Waals surface area contributed by atoms with Crippen LogP contribution in [0.5, 0.6) is 11.5 Å². The molecule has 1 aromatic carbocycles. The molecule has 3 N–H and O–H groups in total. The molecule has 74 valence electrons. The monoisotopic (exact) mass is 196 g/mol. The van der Waals surface area contributed by atoms with Gasteiger partial charge >= 0.3 is 14.8 Å². The quantitative estimate of drug-likeness (QED) is 0.485. The van der Waals surface area contributed by atoms with Gasteiger partial charge in [-0.05, 0) is 6.07 Å². The van der Waals surface area contributed by atoms with E-state index in [1.165, 1.54) is 13.2 Å². The van der Waals surface area contributed by atoms with Crippen molar-refractivity contribution in [3.05, 3.63) is 18.2 Å². The third-order valence-corrected chi connectivity index (χ3v) is 1.71. The lowest BCUT2D eigenvalue weighted by atomic mass is 9.79. The zero-order valence-corrected chi connectivity index (χ0v) is 7.67. The van der Waals surface area contributed by atoms with E-state index in [1.807, 2.05) is 0 Å². The second kappa shape index (κ2) is 4.90. The molecule has 0 atom stereocenters. The summed E-state index contributed by atoms with van der Waals surface area (Å²) in [5, 5.41) is 26.5. The third kappa shape index (κ3) is 2.20. The Morgan fingerprint density at radius 1 is 1.36 bits per heavy atom. The second-order valence-electron chi connectivity index (χ2n) is 2.53. The Bertz CT molecular complexity index is 304. The van der Waals surface area contributed by atoms with Crippen LogP contribution in [0, 0.1) is 0 Å². The number of para-hydroxylation sites is 1. The minimum atomic E-state index is -1.63. The SMILES string of the molecule is COc1c(OBO)cccc1B(O)O. The highest BCUT2D eigenvalue weighted by atomic mass is 16.5. The fraction of sp³-hybridized carbons (Fsp3) is 0.143. The van der Waals surface area contributed by atoms with E-state index >= 15 is 0 Å². The summed E-state index contributed by atoms with van der Waals surface area (Å²) < 4.78 is 9.76. The van der Waals surface area contributed by atoms with E-state index in [2.05, 4.69) is 0 Å². The Kier molecular flexibility index (Phi) is 3.82. The molecule has 0 heterocycles. The van der Waals surface area contributed by atoms with Crippen LogP contribution in [0.1, 0.15) is 0 Å². The van der Waals surface area contributed by atoms with E-state index in [0.29, 0.717) is 0 Å². The first kappa shape index (κ1) is 10.9. The number of ether oxygens (including phenoxy) is 1. The van der Waals surface area contributed by atoms with Crippen LogP contribution in [0.4, 0.5) is 0 Å². The van der Waals surface area contributed by atoms with E-state index in [9.17, 15) is 0 Å². The highest BCUT2D eigenvalue weighted by molar-refractivity contribution is 6.59. The molecule has 0 radical (unpaired) electrons. The predicted octanol–water partition coefficient (Wildman–Crippen LogP) is -1.99. The van der Waals surface area contributed by atoms with Crippen molar-refractivity contribution < 1.29 is 24.5 Å². The molecule has 1 rings (SSSR count). The Balaban J connectivity index is 3.11. The number of hydrogen-bond donors (Lipinski definition) is 3. The van der Waals surface area contributed by atoms with Gasteiger partial charge in [0.25, 0.3) is 0 Å². The van der Waals surface area contributed by atoms with Crippen molar-refractivity contribution in [1.29, 1.82) is 0 Å². The van der Waals surface area contributed by atoms with Crippen LogP contribution in [-0.4, -0.2) is 37.0 Å². The van der Waals surface area contributed by atoms with Crippen molar-refractivity contribution in [2.45, 2.75) is 0 Å². The molecular weight excluding hydrogens is 186 g/mol. The van der Waals surface area contributed by atoms with Gasteiger partial charge in [0.2, 0.25) is 0 Å². The van der Waals surface area contributed by atoms with Crippen LogP contribution < -0.4 is 14.9 Å². The average molecular weight is 196 g/mol. The summed E-state index contributed by atoms with van der Waals surface area (Å²) in [5.74, 6) is 0.470. The first-order chi connectivity index (χ1) is 6.70. The maximum absolute atomic E-state index is 8.99. The maximum atomic E-state index is 8.99. The first-order valence-electron chi connectivity index (χ1n) is 3.97. The lowest BCUT2D eigenvalue weighted by Crippen LogP contribution is -2.31. The molecule has 5 nitrogen and oxygen atoms in total. The number of benzene rings is 1. The molecule has 0 aromatic heterocycles. The van der Waals surface area contributed by atoms with Crippen LogP contribution in [0.3, 0.4) is 0 Å². The Hall–Kier alpha value is -1.17. The van der Waals surface area contributed by atoms with Gasteiger partial charge in [-0.2, -0.15) is 0 Å². The number of hydrogen-bond acceptors (Lipinski definition) is 5. The van der Waals surface area contributed by atoms with E-state index < -0.39 is 14.8 Å². The van der Waals surface area contributed by atoms with E-state index in [0.717, 1.165) is 0 Å². The number of methoxy groups -OCH3 is 1. The Labute approximate surface area is 82.4 Å². The smallest absolute Gasteiger partial charge is 0.504 e. The Morgan fingerprint density at radius 2 is 2.07 bits per heavy atom. The van der Waals surface area contributed by atoms with Gasteiger partial charge in [0.05, 0.1) is 7.11 Å². The zero-order valence-electron chi connectivity index (χ0n) is 7.67. The van der Waals surface area contributed by atoms with Crippen LogP contribution >= 0.6 is 0 Å². The third-order valence-electron chi connectivity index (χ3n) is 1.71. The summed E-state index contributed by atoms with van der Waals surface area (Å²) in [6, 6.07) is 4.62. The lowest BCUT2D eigenvalue weighted by molar-refractivity contribution is 0.378. The summed E-state index contributed by atoms with van der Waals surface area (Å²) in [4.78, 5) is 0. The summed E-state index contributed by atoms with van der Waals surface area (Å²) in [6.45, 7) is 0. The predicted molar refractivity (Wildman–Crippen MR) is 52.8 cm³/mol. The van der Waals surface area contributed by atoms with Gasteiger partial charge in [0.15, 0.2) is 5.75 Å². The molecule has 0 aliphatic rings. The molecule has 0 aliphatic carbocycles. The van der Waals surface area contributed by atoms with Gasteiger partial charge in [-0.3, -0.25) is 0 Å². The zero-order chi connectivity index (χ0) is 10.6. The molecule has 0 amide bonds. The summed E-state index contributed by atoms with van der Waals surface area (Å²) >= 11 is 0. The van der Waals surface area contributed by atoms with Crippen molar-refractivity contribution in [1.82, 2.24) is 0 Å². The normalized spacial score (nSPS) is 9.43. The summed E-state index contributed by atoms with van der Waals surface area (Å²) in [5.41, 5.74) is 0.193. The van der Waals surface area contributed by atoms with E-state index in [4.69, 9.17) is 24.5 Å². The molecule has 14 heavy (non-hydrogen) atoms. The van der Waals surface area contributed by atoms with Crippen LogP contribution in [0.15, 0.2) is 18.2 Å². The minimum Gasteiger partial charge on any atom is -0.536 e. The maximum Gasteiger partial charge on any atom is 0.504 e. The molecule has 0 bridgehead atoms. The molecule has 0 saturated carbocycles. The highest BCUT2D eigenvalue weighted by Crippen LogP contribution is 2.23. The number of rotatable bonds is 4. The molecular formula is C7H10B2O5. The summed E-state index contributed by atoms with van der Waals surface area (Å²) in [6.07, 6.45) is 0. The molecule has 0 saturated heterocycles. The lowest BCUT2D eigenvalue weighted by Gasteiger charge is -2.12. The van der Waals surface area contributed by atoms with Gasteiger partial charge in [0, 0.05) is 5.46 Å². The summed E-state index contributed by atoms with van der Waals surface area (Å²) in [7, 11) is -0.750. The standard InChI is InChI=1S/C7H10B2O5/c1-13-7-5(9(11)12)3-2-4-6(7)14-8-10/h2-4,8,10-12H,1H3. The Morgan fingerprint density at radius 3 is 2.57 bits per heavy atom. The molecule has 0 unspecified atom stereocenters. The van der Waals surface area contributed by atoms with Crippen LogP contribution in [0.2, 0.25) is 0 Å². The van der Waals surface area contributed by atoms with E-state index in [1.54, 1.807) is 12.1 Å². The first-order valence-corrected chi connectivity index (χ1v) is 3.97. The van der Waals surface area contributed by atoms with Gasteiger partial charge in [0.1, 0.15) is 5.75 Å². The van der Waals surface area contributed by atoms with Gasteiger partial charge in [-0.15, -0.1) is 0 Å². The van der Waals surface area contributed by atoms with Gasteiger partial charge in [-0.25, -0.2) is 0 Å². The van der Waals surface area contributed by atoms with Crippen molar-refractivity contribution in [3.8, 4) is 11.5 Å². The highest BCUT2D eigenvalue weighted by Gasteiger charge is 2.19. The largest absolute Gasteiger partial charge is 0.536 e. The van der Waals surface area contributed by atoms with Gasteiger partial charge < -0.3 is 24.5 Å². The fourth-order valence-corrected chi connectivity index (χ4v) is 1.14. The van der Waals surface area contributed by atoms with Crippen LogP contribution in [0.25, 0.3) is 0 Å². The molecule has 7 heteroatoms. The molecule has 1 aromatic rings. The van der Waals surface area contributed by atoms with Crippen molar-refractivity contribution in [2.75, 3.05) is 7.11 Å². The van der Waals surface area contributed by atoms with Crippen molar-refractivity contribution in [3.63, 3.8) is 0 Å². The molecule has 0 spiro atoms.